The summed E-state index contributed by atoms with van der Waals surface area (Å²) >= 11 is 0. The second-order valence-electron chi connectivity index (χ2n) is 4.06. The van der Waals surface area contributed by atoms with E-state index in [1.165, 1.54) is 11.3 Å². The number of nitrogens with one attached hydrogen (secondary N) is 1. The van der Waals surface area contributed by atoms with Gasteiger partial charge < -0.3 is 15.0 Å². The Kier molecular flexibility index (Phi) is 5.29. The molecular weight excluding hydrogens is 200 g/mol. The first kappa shape index (κ1) is 13.0. The van der Waals surface area contributed by atoms with E-state index in [9.17, 15) is 0 Å². The minimum atomic E-state index is 0.273. The normalized spacial score (nSPS) is 12.5. The molecule has 1 N–H and O–H groups in total. The second-order valence-corrected chi connectivity index (χ2v) is 4.06. The van der Waals surface area contributed by atoms with Crippen LogP contribution in [0.2, 0.25) is 0 Å². The van der Waals surface area contributed by atoms with Crippen molar-refractivity contribution in [2.45, 2.75) is 13.0 Å². The number of likely N-dealkylation sites (N-methyl/N-ethyl adjacent to an activating group) is 1. The average Bonchev–Trinajstić information content (AvgIpc) is 2.29. The molecule has 16 heavy (non-hydrogen) atoms. The molecular formula is C13H22N2O. The summed E-state index contributed by atoms with van der Waals surface area (Å²) in [5, 5.41) is 3.42. The zero-order valence-corrected chi connectivity index (χ0v) is 10.7. The van der Waals surface area contributed by atoms with Crippen LogP contribution in [0.4, 0.5) is 5.69 Å². The molecule has 0 aliphatic heterocycles. The van der Waals surface area contributed by atoms with Crippen molar-refractivity contribution < 1.29 is 4.74 Å². The van der Waals surface area contributed by atoms with Crippen LogP contribution in [0.5, 0.6) is 0 Å². The van der Waals surface area contributed by atoms with Gasteiger partial charge in [-0.05, 0) is 24.2 Å². The van der Waals surface area contributed by atoms with Gasteiger partial charge in [0.05, 0.1) is 12.6 Å². The Labute approximate surface area is 98.4 Å². The first-order valence-electron chi connectivity index (χ1n) is 5.68. The van der Waals surface area contributed by atoms with Gasteiger partial charge in [-0.25, -0.2) is 0 Å². The predicted octanol–water partition coefficient (Wildman–Crippen LogP) is 2.05. The number of nitrogens with zero attached hydrogens (tertiary/aromatic N) is 1. The first-order chi connectivity index (χ1) is 7.69. The smallest absolute Gasteiger partial charge is 0.0657 e. The van der Waals surface area contributed by atoms with E-state index in [0.29, 0.717) is 6.61 Å². The molecule has 90 valence electrons. The van der Waals surface area contributed by atoms with E-state index in [0.717, 1.165) is 6.54 Å². The van der Waals surface area contributed by atoms with Crippen LogP contribution in [0.3, 0.4) is 0 Å². The molecule has 1 atom stereocenters. The molecule has 0 saturated heterocycles. The third-order valence-corrected chi connectivity index (χ3v) is 2.57. The maximum atomic E-state index is 5.24. The fourth-order valence-corrected chi connectivity index (χ4v) is 1.71. The molecule has 1 rings (SSSR count). The maximum absolute atomic E-state index is 5.24. The second kappa shape index (κ2) is 6.51. The monoisotopic (exact) mass is 222 g/mol. The SMILES string of the molecule is CCNC(COC)c1cccc(N(C)C)c1. The van der Waals surface area contributed by atoms with Crippen molar-refractivity contribution in [3.05, 3.63) is 29.8 Å². The highest BCUT2D eigenvalue weighted by molar-refractivity contribution is 5.47. The lowest BCUT2D eigenvalue weighted by atomic mass is 10.1. The fraction of sp³-hybridized carbons (Fsp3) is 0.538. The fourth-order valence-electron chi connectivity index (χ4n) is 1.71. The molecule has 1 aromatic rings. The van der Waals surface area contributed by atoms with Crippen LogP contribution in [0.15, 0.2) is 24.3 Å². The molecule has 3 heteroatoms. The van der Waals surface area contributed by atoms with Gasteiger partial charge in [0.2, 0.25) is 0 Å². The quantitative estimate of drug-likeness (QED) is 0.797. The van der Waals surface area contributed by atoms with E-state index in [1.807, 2.05) is 0 Å². The highest BCUT2D eigenvalue weighted by Gasteiger charge is 2.10. The van der Waals surface area contributed by atoms with E-state index in [-0.39, 0.29) is 6.04 Å². The topological polar surface area (TPSA) is 24.5 Å². The lowest BCUT2D eigenvalue weighted by Gasteiger charge is -2.20. The van der Waals surface area contributed by atoms with Crippen LogP contribution in [-0.2, 0) is 4.74 Å². The number of hydrogen-bond donors (Lipinski definition) is 1. The van der Waals surface area contributed by atoms with Gasteiger partial charge in [0, 0.05) is 26.9 Å². The van der Waals surface area contributed by atoms with Gasteiger partial charge in [-0.15, -0.1) is 0 Å². The van der Waals surface area contributed by atoms with Crippen molar-refractivity contribution in [2.75, 3.05) is 39.3 Å². The summed E-state index contributed by atoms with van der Waals surface area (Å²) < 4.78 is 5.24. The van der Waals surface area contributed by atoms with Gasteiger partial charge in [0.25, 0.3) is 0 Å². The van der Waals surface area contributed by atoms with Gasteiger partial charge in [-0.3, -0.25) is 0 Å². The molecule has 0 aliphatic carbocycles. The van der Waals surface area contributed by atoms with E-state index < -0.39 is 0 Å². The summed E-state index contributed by atoms with van der Waals surface area (Å²) in [6.45, 7) is 3.75. The lowest BCUT2D eigenvalue weighted by molar-refractivity contribution is 0.168. The largest absolute Gasteiger partial charge is 0.383 e. The molecule has 1 unspecified atom stereocenters. The Morgan fingerprint density at radius 2 is 2.12 bits per heavy atom. The number of anilines is 1. The lowest BCUT2D eigenvalue weighted by Crippen LogP contribution is -2.25. The van der Waals surface area contributed by atoms with Gasteiger partial charge in [0.15, 0.2) is 0 Å². The number of methoxy groups -OCH3 is 1. The number of hydrogen-bond acceptors (Lipinski definition) is 3. The van der Waals surface area contributed by atoms with Gasteiger partial charge in [-0.2, -0.15) is 0 Å². The predicted molar refractivity (Wildman–Crippen MR) is 69.1 cm³/mol. The molecule has 0 saturated carbocycles. The molecule has 0 aromatic heterocycles. The number of rotatable bonds is 6. The number of benzene rings is 1. The summed E-state index contributed by atoms with van der Waals surface area (Å²) in [6.07, 6.45) is 0. The van der Waals surface area contributed by atoms with Crippen molar-refractivity contribution >= 4 is 5.69 Å². The van der Waals surface area contributed by atoms with Crippen LogP contribution in [-0.4, -0.2) is 34.4 Å². The van der Waals surface area contributed by atoms with Crippen LogP contribution < -0.4 is 10.2 Å². The molecule has 0 heterocycles. The van der Waals surface area contributed by atoms with E-state index in [4.69, 9.17) is 4.74 Å². The highest BCUT2D eigenvalue weighted by Crippen LogP contribution is 2.19. The summed E-state index contributed by atoms with van der Waals surface area (Å²) in [4.78, 5) is 2.11. The Hall–Kier alpha value is -1.06. The Morgan fingerprint density at radius 1 is 1.38 bits per heavy atom. The minimum Gasteiger partial charge on any atom is -0.383 e. The molecule has 0 aliphatic rings. The van der Waals surface area contributed by atoms with Crippen molar-refractivity contribution in [1.29, 1.82) is 0 Å². The van der Waals surface area contributed by atoms with Gasteiger partial charge in [-0.1, -0.05) is 19.1 Å². The Morgan fingerprint density at radius 3 is 2.69 bits per heavy atom. The van der Waals surface area contributed by atoms with E-state index in [1.54, 1.807) is 7.11 Å². The standard InChI is InChI=1S/C13H22N2O/c1-5-14-13(10-16-4)11-7-6-8-12(9-11)15(2)3/h6-9,13-14H,5,10H2,1-4H3. The molecule has 1 aromatic carbocycles. The first-order valence-corrected chi connectivity index (χ1v) is 5.68. The average molecular weight is 222 g/mol. The third kappa shape index (κ3) is 3.51. The third-order valence-electron chi connectivity index (χ3n) is 2.57. The van der Waals surface area contributed by atoms with E-state index in [2.05, 4.69) is 55.5 Å². The summed E-state index contributed by atoms with van der Waals surface area (Å²) in [7, 11) is 5.84. The van der Waals surface area contributed by atoms with Crippen molar-refractivity contribution in [1.82, 2.24) is 5.32 Å². The zero-order valence-electron chi connectivity index (χ0n) is 10.7. The molecule has 0 spiro atoms. The van der Waals surface area contributed by atoms with Crippen LogP contribution in [0, 0.1) is 0 Å². The van der Waals surface area contributed by atoms with Crippen molar-refractivity contribution in [3.63, 3.8) is 0 Å². The molecule has 0 bridgehead atoms. The van der Waals surface area contributed by atoms with Crippen molar-refractivity contribution in [2.24, 2.45) is 0 Å². The number of ether oxygens (including phenoxy) is 1. The maximum Gasteiger partial charge on any atom is 0.0657 e. The van der Waals surface area contributed by atoms with Crippen LogP contribution in [0.25, 0.3) is 0 Å². The van der Waals surface area contributed by atoms with E-state index >= 15 is 0 Å². The summed E-state index contributed by atoms with van der Waals surface area (Å²) in [5.41, 5.74) is 2.49. The molecule has 0 amide bonds. The highest BCUT2D eigenvalue weighted by atomic mass is 16.5. The summed E-state index contributed by atoms with van der Waals surface area (Å²) in [6, 6.07) is 8.81. The molecule has 0 radical (unpaired) electrons. The van der Waals surface area contributed by atoms with Crippen molar-refractivity contribution in [3.8, 4) is 0 Å². The van der Waals surface area contributed by atoms with Gasteiger partial charge in [0.1, 0.15) is 0 Å². The van der Waals surface area contributed by atoms with Crippen LogP contribution in [0.1, 0.15) is 18.5 Å². The Bertz CT molecular complexity index is 307. The molecule has 0 fully saturated rings. The zero-order chi connectivity index (χ0) is 12.0. The van der Waals surface area contributed by atoms with Crippen LogP contribution >= 0.6 is 0 Å². The Balaban J connectivity index is 2.86. The summed E-state index contributed by atoms with van der Waals surface area (Å²) in [5.74, 6) is 0. The minimum absolute atomic E-state index is 0.273. The molecule has 3 nitrogen and oxygen atoms in total. The van der Waals surface area contributed by atoms with Gasteiger partial charge >= 0.3 is 0 Å².